The molecule has 7 nitrogen and oxygen atoms in total. The minimum Gasteiger partial charge on any atom is -0.494 e. The fourth-order valence-corrected chi connectivity index (χ4v) is 4.53. The lowest BCUT2D eigenvalue weighted by Crippen LogP contribution is -2.43. The van der Waals surface area contributed by atoms with Crippen LogP contribution >= 0.6 is 0 Å². The van der Waals surface area contributed by atoms with Crippen molar-refractivity contribution in [3.8, 4) is 11.5 Å². The molecule has 0 fully saturated rings. The van der Waals surface area contributed by atoms with Crippen molar-refractivity contribution in [3.63, 3.8) is 0 Å². The first kappa shape index (κ1) is 30.2. The van der Waals surface area contributed by atoms with Gasteiger partial charge in [0.1, 0.15) is 11.5 Å². The number of nitrogens with zero attached hydrogens (tertiary/aromatic N) is 1. The molecule has 0 unspecified atom stereocenters. The molecule has 42 heavy (non-hydrogen) atoms. The van der Waals surface area contributed by atoms with Crippen LogP contribution in [0.2, 0.25) is 0 Å². The van der Waals surface area contributed by atoms with Crippen molar-refractivity contribution in [3.05, 3.63) is 126 Å². The molecule has 1 atom stereocenters. The van der Waals surface area contributed by atoms with Crippen LogP contribution in [-0.2, 0) is 17.6 Å². The summed E-state index contributed by atoms with van der Waals surface area (Å²) in [6.07, 6.45) is 1.59. The van der Waals surface area contributed by atoms with E-state index in [1.165, 1.54) is 11.1 Å². The molecule has 4 rings (SSSR count). The highest BCUT2D eigenvalue weighted by atomic mass is 16.5. The van der Waals surface area contributed by atoms with Gasteiger partial charge in [0.15, 0.2) is 0 Å². The monoisotopic (exact) mass is 566 g/mol. The van der Waals surface area contributed by atoms with Gasteiger partial charge >= 0.3 is 12.0 Å². The average Bonchev–Trinajstić information content (AvgIpc) is 3.00. The van der Waals surface area contributed by atoms with Crippen LogP contribution in [0.5, 0.6) is 11.5 Å². The molecule has 0 aromatic heterocycles. The van der Waals surface area contributed by atoms with Gasteiger partial charge in [0.2, 0.25) is 5.60 Å². The smallest absolute Gasteiger partial charge is 0.348 e. The fraction of sp³-hybridized carbons (Fsp3) is 0.257. The van der Waals surface area contributed by atoms with Crippen LogP contribution in [0.25, 0.3) is 0 Å². The Morgan fingerprint density at radius 3 is 2.07 bits per heavy atom. The van der Waals surface area contributed by atoms with Gasteiger partial charge in [-0.25, -0.2) is 9.59 Å². The van der Waals surface area contributed by atoms with Crippen molar-refractivity contribution in [2.24, 2.45) is 0 Å². The van der Waals surface area contributed by atoms with Crippen LogP contribution in [0.3, 0.4) is 0 Å². The largest absolute Gasteiger partial charge is 0.494 e. The second-order valence-corrected chi connectivity index (χ2v) is 10.4. The summed E-state index contributed by atoms with van der Waals surface area (Å²) in [5.74, 6) is 0.147. The van der Waals surface area contributed by atoms with Crippen LogP contribution in [-0.4, -0.2) is 42.4 Å². The van der Waals surface area contributed by atoms with E-state index in [0.717, 1.165) is 17.7 Å². The zero-order valence-electron chi connectivity index (χ0n) is 24.2. The van der Waals surface area contributed by atoms with E-state index in [-0.39, 0.29) is 12.5 Å². The minimum atomic E-state index is -1.41. The lowest BCUT2D eigenvalue weighted by molar-refractivity contribution is -0.153. The number of carbonyl (C=O) groups excluding carboxylic acids is 1. The fourth-order valence-electron chi connectivity index (χ4n) is 4.53. The Kier molecular flexibility index (Phi) is 10.6. The van der Waals surface area contributed by atoms with Crippen molar-refractivity contribution in [1.82, 2.24) is 5.32 Å². The van der Waals surface area contributed by atoms with Crippen LogP contribution in [0.4, 0.5) is 10.5 Å². The molecule has 7 heteroatoms. The highest BCUT2D eigenvalue weighted by Crippen LogP contribution is 2.24. The van der Waals surface area contributed by atoms with Gasteiger partial charge in [-0.2, -0.15) is 0 Å². The number of hydrogen-bond donors (Lipinski definition) is 2. The van der Waals surface area contributed by atoms with E-state index < -0.39 is 11.6 Å². The van der Waals surface area contributed by atoms with Crippen LogP contribution in [0.15, 0.2) is 109 Å². The van der Waals surface area contributed by atoms with Crippen molar-refractivity contribution in [1.29, 1.82) is 0 Å². The molecule has 0 aliphatic carbocycles. The number of aliphatic carboxylic acids is 1. The molecule has 0 bridgehead atoms. The Balaban J connectivity index is 1.28. The lowest BCUT2D eigenvalue weighted by atomic mass is 9.96. The van der Waals surface area contributed by atoms with Gasteiger partial charge in [-0.05, 0) is 74.2 Å². The molecule has 4 aromatic rings. The molecular weight excluding hydrogens is 528 g/mol. The third-order valence-electron chi connectivity index (χ3n) is 6.92. The van der Waals surface area contributed by atoms with E-state index in [0.29, 0.717) is 37.6 Å². The second-order valence-electron chi connectivity index (χ2n) is 10.4. The highest BCUT2D eigenvalue weighted by molar-refractivity contribution is 5.91. The van der Waals surface area contributed by atoms with Gasteiger partial charge in [-0.15, -0.1) is 0 Å². The van der Waals surface area contributed by atoms with Crippen LogP contribution in [0.1, 0.15) is 30.0 Å². The SMILES string of the molecule is Cc1ccc(CCNC(=O)N(CCCOc2ccc(C[C@@](C)(Oc3ccccc3)C(=O)O)cc2)c2ccccc2)cc1. The van der Waals surface area contributed by atoms with Crippen molar-refractivity contribution < 1.29 is 24.2 Å². The first-order valence-corrected chi connectivity index (χ1v) is 14.2. The van der Waals surface area contributed by atoms with Gasteiger partial charge in [-0.3, -0.25) is 4.90 Å². The Hall–Kier alpha value is -4.78. The van der Waals surface area contributed by atoms with E-state index in [1.807, 2.05) is 72.8 Å². The van der Waals surface area contributed by atoms with Gasteiger partial charge in [-0.1, -0.05) is 78.4 Å². The zero-order valence-corrected chi connectivity index (χ0v) is 24.2. The molecule has 0 radical (unpaired) electrons. The molecule has 0 aliphatic rings. The highest BCUT2D eigenvalue weighted by Gasteiger charge is 2.36. The molecular formula is C35H38N2O5. The number of para-hydroxylation sites is 2. The molecule has 0 saturated carbocycles. The van der Waals surface area contributed by atoms with E-state index >= 15 is 0 Å². The quantitative estimate of drug-likeness (QED) is 0.166. The Labute approximate surface area is 247 Å². The normalized spacial score (nSPS) is 12.1. The van der Waals surface area contributed by atoms with Crippen molar-refractivity contribution >= 4 is 17.7 Å². The summed E-state index contributed by atoms with van der Waals surface area (Å²) >= 11 is 0. The maximum atomic E-state index is 13.1. The maximum Gasteiger partial charge on any atom is 0.348 e. The van der Waals surface area contributed by atoms with E-state index in [9.17, 15) is 14.7 Å². The number of urea groups is 1. The minimum absolute atomic E-state index is 0.142. The summed E-state index contributed by atoms with van der Waals surface area (Å²) in [6, 6.07) is 34.1. The number of rotatable bonds is 14. The first-order chi connectivity index (χ1) is 20.3. The average molecular weight is 567 g/mol. The number of carboxylic acid groups (broad SMARTS) is 1. The van der Waals surface area contributed by atoms with E-state index in [1.54, 1.807) is 24.0 Å². The topological polar surface area (TPSA) is 88.1 Å². The predicted octanol–water partition coefficient (Wildman–Crippen LogP) is 6.69. The number of carbonyl (C=O) groups is 2. The number of ether oxygens (including phenoxy) is 2. The number of hydrogen-bond acceptors (Lipinski definition) is 4. The van der Waals surface area contributed by atoms with Crippen molar-refractivity contribution in [2.75, 3.05) is 24.6 Å². The van der Waals surface area contributed by atoms with Crippen LogP contribution < -0.4 is 19.7 Å². The Morgan fingerprint density at radius 2 is 1.43 bits per heavy atom. The standard InChI is InChI=1S/C35H38N2O5/c1-27-14-16-28(17-15-27)22-23-36-34(40)37(30-10-5-3-6-11-30)24-9-25-41-31-20-18-29(19-21-31)26-35(2,33(38)39)42-32-12-7-4-8-13-32/h3-8,10-21H,9,22-26H2,1-2H3,(H,36,40)(H,38,39)/t35-/m1/s1. The third kappa shape index (κ3) is 8.86. The summed E-state index contributed by atoms with van der Waals surface area (Å²) in [5.41, 5.74) is 2.63. The number of nitrogens with one attached hydrogen (secondary N) is 1. The molecule has 0 saturated heterocycles. The summed E-state index contributed by atoms with van der Waals surface area (Å²) in [5, 5.41) is 12.9. The number of benzene rings is 4. The molecule has 4 aromatic carbocycles. The third-order valence-corrected chi connectivity index (χ3v) is 6.92. The predicted molar refractivity (Wildman–Crippen MR) is 165 cm³/mol. The Morgan fingerprint density at radius 1 is 0.810 bits per heavy atom. The van der Waals surface area contributed by atoms with E-state index in [4.69, 9.17) is 9.47 Å². The molecule has 218 valence electrons. The first-order valence-electron chi connectivity index (χ1n) is 14.2. The molecule has 2 amide bonds. The molecule has 0 spiro atoms. The number of amides is 2. The number of anilines is 1. The lowest BCUT2D eigenvalue weighted by Gasteiger charge is -2.26. The molecule has 0 heterocycles. The maximum absolute atomic E-state index is 13.1. The summed E-state index contributed by atoms with van der Waals surface area (Å²) < 4.78 is 11.8. The van der Waals surface area contributed by atoms with Gasteiger partial charge in [0, 0.05) is 25.2 Å². The van der Waals surface area contributed by atoms with Gasteiger partial charge in [0.25, 0.3) is 0 Å². The summed E-state index contributed by atoms with van der Waals surface area (Å²) in [6.45, 7) is 5.09. The number of carboxylic acids is 1. The second kappa shape index (κ2) is 14.7. The Bertz CT molecular complexity index is 1410. The molecule has 2 N–H and O–H groups in total. The molecule has 0 aliphatic heterocycles. The number of aryl methyl sites for hydroxylation is 1. The van der Waals surface area contributed by atoms with Gasteiger partial charge in [0.05, 0.1) is 6.61 Å². The summed E-state index contributed by atoms with van der Waals surface area (Å²) in [4.78, 5) is 26.9. The van der Waals surface area contributed by atoms with Gasteiger partial charge < -0.3 is 19.9 Å². The van der Waals surface area contributed by atoms with Crippen molar-refractivity contribution in [2.45, 2.75) is 38.7 Å². The van der Waals surface area contributed by atoms with Crippen LogP contribution in [0, 0.1) is 6.92 Å². The summed E-state index contributed by atoms with van der Waals surface area (Å²) in [7, 11) is 0. The zero-order chi connectivity index (χ0) is 29.8. The van der Waals surface area contributed by atoms with E-state index in [2.05, 4.69) is 36.5 Å².